The lowest BCUT2D eigenvalue weighted by Gasteiger charge is -2.39. The first-order chi connectivity index (χ1) is 9.69. The van der Waals surface area contributed by atoms with E-state index in [-0.39, 0.29) is 12.1 Å². The van der Waals surface area contributed by atoms with E-state index < -0.39 is 0 Å². The van der Waals surface area contributed by atoms with Crippen LogP contribution in [0.15, 0.2) is 18.2 Å². The molecule has 3 rings (SSSR count). The summed E-state index contributed by atoms with van der Waals surface area (Å²) in [5.41, 5.74) is 4.05. The molecule has 3 nitrogen and oxygen atoms in total. The van der Waals surface area contributed by atoms with Gasteiger partial charge >= 0.3 is 0 Å². The Morgan fingerprint density at radius 2 is 2.20 bits per heavy atom. The summed E-state index contributed by atoms with van der Waals surface area (Å²) in [6.07, 6.45) is 2.89. The van der Waals surface area contributed by atoms with Crippen LogP contribution in [0.1, 0.15) is 35.6 Å². The molecule has 2 aliphatic rings. The van der Waals surface area contributed by atoms with Gasteiger partial charge in [-0.3, -0.25) is 4.90 Å². The highest BCUT2D eigenvalue weighted by Crippen LogP contribution is 2.30. The summed E-state index contributed by atoms with van der Waals surface area (Å²) in [6, 6.07) is 7.66. The van der Waals surface area contributed by atoms with E-state index in [2.05, 4.69) is 42.3 Å². The Morgan fingerprint density at radius 3 is 3.00 bits per heavy atom. The van der Waals surface area contributed by atoms with E-state index in [4.69, 9.17) is 4.74 Å². The van der Waals surface area contributed by atoms with Crippen molar-refractivity contribution < 1.29 is 4.74 Å². The summed E-state index contributed by atoms with van der Waals surface area (Å²) in [5.74, 6) is 0. The topological polar surface area (TPSA) is 24.5 Å². The molecule has 1 aromatic rings. The Kier molecular flexibility index (Phi) is 4.11. The zero-order chi connectivity index (χ0) is 14.1. The first-order valence-electron chi connectivity index (χ1n) is 7.79. The van der Waals surface area contributed by atoms with Crippen molar-refractivity contribution in [3.63, 3.8) is 0 Å². The third kappa shape index (κ3) is 2.62. The lowest BCUT2D eigenvalue weighted by atomic mass is 9.94. The first kappa shape index (κ1) is 14.1. The Bertz CT molecular complexity index is 474. The average molecular weight is 274 g/mol. The molecule has 0 radical (unpaired) electrons. The normalized spacial score (nSPS) is 28.4. The minimum absolute atomic E-state index is 0.259. The summed E-state index contributed by atoms with van der Waals surface area (Å²) in [4.78, 5) is 2.61. The van der Waals surface area contributed by atoms with E-state index in [0.29, 0.717) is 6.04 Å². The van der Waals surface area contributed by atoms with Crippen molar-refractivity contribution in [2.24, 2.45) is 0 Å². The molecule has 110 valence electrons. The summed E-state index contributed by atoms with van der Waals surface area (Å²) in [7, 11) is 2.05. The molecule has 2 saturated heterocycles. The summed E-state index contributed by atoms with van der Waals surface area (Å²) < 4.78 is 6.19. The number of fused-ring (bicyclic) bond motifs is 1. The van der Waals surface area contributed by atoms with Gasteiger partial charge in [-0.25, -0.2) is 0 Å². The second-order valence-corrected chi connectivity index (χ2v) is 6.29. The molecule has 3 heteroatoms. The predicted molar refractivity (Wildman–Crippen MR) is 82.1 cm³/mol. The molecule has 3 unspecified atom stereocenters. The molecule has 0 amide bonds. The number of hydrogen-bond donors (Lipinski definition) is 1. The molecule has 3 atom stereocenters. The van der Waals surface area contributed by atoms with Gasteiger partial charge < -0.3 is 10.1 Å². The highest BCUT2D eigenvalue weighted by Gasteiger charge is 2.36. The van der Waals surface area contributed by atoms with E-state index in [1.165, 1.54) is 36.1 Å². The molecule has 20 heavy (non-hydrogen) atoms. The Balaban J connectivity index is 1.81. The fourth-order valence-electron chi connectivity index (χ4n) is 3.68. The SMILES string of the molecule is CNC(c1cc(C)ccc1C)C1CN2CCCC2CO1. The number of rotatable bonds is 3. The minimum Gasteiger partial charge on any atom is -0.373 e. The fraction of sp³-hybridized carbons (Fsp3) is 0.647. The maximum absolute atomic E-state index is 6.19. The second kappa shape index (κ2) is 5.84. The van der Waals surface area contributed by atoms with Gasteiger partial charge in [-0.1, -0.05) is 23.8 Å². The lowest BCUT2D eigenvalue weighted by molar-refractivity contribution is -0.0643. The van der Waals surface area contributed by atoms with Gasteiger partial charge in [0.2, 0.25) is 0 Å². The van der Waals surface area contributed by atoms with Crippen LogP contribution in [0.25, 0.3) is 0 Å². The molecule has 0 bridgehead atoms. The van der Waals surface area contributed by atoms with Gasteiger partial charge in [-0.15, -0.1) is 0 Å². The molecule has 2 fully saturated rings. The number of nitrogens with one attached hydrogen (secondary N) is 1. The molecular formula is C17H26N2O. The van der Waals surface area contributed by atoms with Crippen molar-refractivity contribution in [3.8, 4) is 0 Å². The number of hydrogen-bond acceptors (Lipinski definition) is 3. The van der Waals surface area contributed by atoms with Crippen LogP contribution in [-0.2, 0) is 4.74 Å². The van der Waals surface area contributed by atoms with Crippen molar-refractivity contribution in [1.29, 1.82) is 0 Å². The fourth-order valence-corrected chi connectivity index (χ4v) is 3.68. The van der Waals surface area contributed by atoms with Gasteiger partial charge in [-0.05, 0) is 51.4 Å². The van der Waals surface area contributed by atoms with Crippen molar-refractivity contribution in [2.75, 3.05) is 26.7 Å². The Morgan fingerprint density at radius 1 is 1.35 bits per heavy atom. The molecule has 0 aromatic heterocycles. The van der Waals surface area contributed by atoms with Crippen LogP contribution in [-0.4, -0.2) is 43.8 Å². The molecule has 1 aromatic carbocycles. The summed E-state index contributed by atoms with van der Waals surface area (Å²) >= 11 is 0. The molecule has 0 spiro atoms. The number of aryl methyl sites for hydroxylation is 2. The Labute approximate surface area is 122 Å². The smallest absolute Gasteiger partial charge is 0.0897 e. The van der Waals surface area contributed by atoms with E-state index in [0.717, 1.165) is 13.2 Å². The molecule has 0 saturated carbocycles. The lowest BCUT2D eigenvalue weighted by Crippen LogP contribution is -2.50. The molecule has 1 N–H and O–H groups in total. The standard InChI is InChI=1S/C17H26N2O/c1-12-6-7-13(2)15(9-12)17(18-3)16-10-19-8-4-5-14(19)11-20-16/h6-7,9,14,16-18H,4-5,8,10-11H2,1-3H3. The summed E-state index contributed by atoms with van der Waals surface area (Å²) in [6.45, 7) is 7.56. The van der Waals surface area contributed by atoms with Gasteiger partial charge in [0.25, 0.3) is 0 Å². The largest absolute Gasteiger partial charge is 0.373 e. The van der Waals surface area contributed by atoms with Crippen molar-refractivity contribution in [2.45, 2.75) is 44.9 Å². The van der Waals surface area contributed by atoms with Gasteiger partial charge in [0, 0.05) is 12.6 Å². The van der Waals surface area contributed by atoms with E-state index in [9.17, 15) is 0 Å². The van der Waals surface area contributed by atoms with E-state index >= 15 is 0 Å². The van der Waals surface area contributed by atoms with Crippen molar-refractivity contribution in [3.05, 3.63) is 34.9 Å². The van der Waals surface area contributed by atoms with Crippen LogP contribution in [0.5, 0.6) is 0 Å². The minimum atomic E-state index is 0.259. The van der Waals surface area contributed by atoms with Crippen molar-refractivity contribution in [1.82, 2.24) is 10.2 Å². The zero-order valence-electron chi connectivity index (χ0n) is 12.9. The van der Waals surface area contributed by atoms with Crippen LogP contribution in [0, 0.1) is 13.8 Å². The second-order valence-electron chi connectivity index (χ2n) is 6.29. The third-order valence-corrected chi connectivity index (χ3v) is 4.87. The van der Waals surface area contributed by atoms with Crippen LogP contribution in [0.3, 0.4) is 0 Å². The number of benzene rings is 1. The molecule has 2 aliphatic heterocycles. The summed E-state index contributed by atoms with van der Waals surface area (Å²) in [5, 5.41) is 3.48. The predicted octanol–water partition coefficient (Wildman–Crippen LogP) is 2.43. The number of nitrogens with zero attached hydrogens (tertiary/aromatic N) is 1. The van der Waals surface area contributed by atoms with Crippen molar-refractivity contribution >= 4 is 0 Å². The van der Waals surface area contributed by atoms with Crippen LogP contribution >= 0.6 is 0 Å². The molecule has 0 aliphatic carbocycles. The molecule has 2 heterocycles. The highest BCUT2D eigenvalue weighted by atomic mass is 16.5. The van der Waals surface area contributed by atoms with Crippen LogP contribution in [0.2, 0.25) is 0 Å². The zero-order valence-corrected chi connectivity index (χ0v) is 12.9. The van der Waals surface area contributed by atoms with Gasteiger partial charge in [0.15, 0.2) is 0 Å². The number of likely N-dealkylation sites (N-methyl/N-ethyl adjacent to an activating group) is 1. The molecular weight excluding hydrogens is 248 g/mol. The van der Waals surface area contributed by atoms with Gasteiger partial charge in [-0.2, -0.15) is 0 Å². The van der Waals surface area contributed by atoms with E-state index in [1.54, 1.807) is 0 Å². The maximum Gasteiger partial charge on any atom is 0.0897 e. The quantitative estimate of drug-likeness (QED) is 0.916. The van der Waals surface area contributed by atoms with Gasteiger partial charge in [0.1, 0.15) is 0 Å². The van der Waals surface area contributed by atoms with Gasteiger partial charge in [0.05, 0.1) is 18.8 Å². The third-order valence-electron chi connectivity index (χ3n) is 4.87. The Hall–Kier alpha value is -0.900. The highest BCUT2D eigenvalue weighted by molar-refractivity contribution is 5.33. The number of morpholine rings is 1. The maximum atomic E-state index is 6.19. The van der Waals surface area contributed by atoms with Crippen LogP contribution in [0.4, 0.5) is 0 Å². The first-order valence-corrected chi connectivity index (χ1v) is 7.79. The number of ether oxygens (including phenoxy) is 1. The monoisotopic (exact) mass is 274 g/mol. The van der Waals surface area contributed by atoms with Crippen LogP contribution < -0.4 is 5.32 Å². The van der Waals surface area contributed by atoms with E-state index in [1.807, 2.05) is 7.05 Å². The average Bonchev–Trinajstić information content (AvgIpc) is 2.91.